The summed E-state index contributed by atoms with van der Waals surface area (Å²) < 4.78 is 0. The van der Waals surface area contributed by atoms with E-state index < -0.39 is 76.0 Å². The number of phenols is 1. The van der Waals surface area contributed by atoms with Crippen molar-refractivity contribution in [3.05, 3.63) is 34.6 Å². The van der Waals surface area contributed by atoms with Crippen LogP contribution in [-0.4, -0.2) is 54.7 Å². The van der Waals surface area contributed by atoms with Gasteiger partial charge < -0.3 is 37.0 Å². The van der Waals surface area contributed by atoms with Gasteiger partial charge >= 0.3 is 0 Å². The molecule has 0 aromatic heterocycles. The molecule has 9 N–H and O–H groups in total. The van der Waals surface area contributed by atoms with Gasteiger partial charge in [-0.3, -0.25) is 14.4 Å². The number of carbonyl (C=O) groups is 3. The van der Waals surface area contributed by atoms with Crippen LogP contribution in [0.3, 0.4) is 0 Å². The van der Waals surface area contributed by atoms with Crippen molar-refractivity contribution in [2.75, 3.05) is 5.73 Å². The second-order valence-electron chi connectivity index (χ2n) is 8.49. The summed E-state index contributed by atoms with van der Waals surface area (Å²) >= 11 is 0. The maximum Gasteiger partial charge on any atom is 0.255 e. The van der Waals surface area contributed by atoms with Gasteiger partial charge in [0.1, 0.15) is 23.2 Å². The van der Waals surface area contributed by atoms with Gasteiger partial charge in [0.2, 0.25) is 0 Å². The molecule has 1 saturated carbocycles. The maximum absolute atomic E-state index is 13.3. The highest BCUT2D eigenvalue weighted by molar-refractivity contribution is 6.20. The SMILES string of the molecule is C[C@@]1(O)c2ccc(N)c(O)c2C(=O)C2C(O)C3(O)C(O)=C(C(N)=O)C(=O)CC3CC21. The van der Waals surface area contributed by atoms with Crippen molar-refractivity contribution < 1.29 is 39.9 Å². The van der Waals surface area contributed by atoms with Crippen molar-refractivity contribution in [2.24, 2.45) is 23.5 Å². The standard InChI is InChI=1S/C20H22N2O8/c1-19(29)7-2-3-9(21)14(24)11(7)15(25)12-8(19)4-6-5-10(23)13(18(22)28)17(27)20(6,30)16(12)26/h2-3,6,8,12,16,24,26-27,29-30H,4-5,21H2,1H3,(H2,22,28)/t6?,8?,12?,16?,19-,20?/m1/s1. The number of aliphatic hydroxyl groups excluding tert-OH is 2. The maximum atomic E-state index is 13.3. The van der Waals surface area contributed by atoms with E-state index in [0.29, 0.717) is 0 Å². The van der Waals surface area contributed by atoms with Crippen molar-refractivity contribution in [3.8, 4) is 5.75 Å². The van der Waals surface area contributed by atoms with E-state index in [1.807, 2.05) is 0 Å². The first-order valence-electron chi connectivity index (χ1n) is 9.40. The lowest BCUT2D eigenvalue weighted by Crippen LogP contribution is -2.66. The van der Waals surface area contributed by atoms with Crippen molar-refractivity contribution in [3.63, 3.8) is 0 Å². The molecule has 3 aliphatic rings. The number of carbonyl (C=O) groups excluding carboxylic acids is 3. The van der Waals surface area contributed by atoms with Gasteiger partial charge in [0.25, 0.3) is 5.91 Å². The monoisotopic (exact) mass is 418 g/mol. The molecule has 0 aliphatic heterocycles. The molecule has 5 unspecified atom stereocenters. The summed E-state index contributed by atoms with van der Waals surface area (Å²) in [5, 5.41) is 54.5. The number of benzene rings is 1. The number of rotatable bonds is 1. The molecule has 1 fully saturated rings. The molecule has 0 radical (unpaired) electrons. The minimum atomic E-state index is -2.50. The number of phenolic OH excluding ortho intramolecular Hbond substituents is 1. The first-order chi connectivity index (χ1) is 13.8. The number of ketones is 2. The van der Waals surface area contributed by atoms with Crippen LogP contribution >= 0.6 is 0 Å². The Hall–Kier alpha value is -2.95. The third kappa shape index (κ3) is 2.26. The number of nitrogen functional groups attached to an aromatic ring is 1. The summed E-state index contributed by atoms with van der Waals surface area (Å²) in [6, 6.07) is 2.74. The lowest BCUT2D eigenvalue weighted by molar-refractivity contribution is -0.195. The lowest BCUT2D eigenvalue weighted by Gasteiger charge is -2.56. The normalized spacial score (nSPS) is 38.0. The summed E-state index contributed by atoms with van der Waals surface area (Å²) in [7, 11) is 0. The van der Waals surface area contributed by atoms with Crippen LogP contribution in [0.25, 0.3) is 0 Å². The Morgan fingerprint density at radius 2 is 1.83 bits per heavy atom. The average molecular weight is 418 g/mol. The molecule has 0 bridgehead atoms. The van der Waals surface area contributed by atoms with Crippen LogP contribution in [0.2, 0.25) is 0 Å². The number of Topliss-reactive ketones (excluding diaryl/α,β-unsaturated/α-hetero) is 2. The Morgan fingerprint density at radius 3 is 2.43 bits per heavy atom. The molecule has 0 heterocycles. The second kappa shape index (κ2) is 6.03. The van der Waals surface area contributed by atoms with Crippen LogP contribution in [0.15, 0.2) is 23.5 Å². The van der Waals surface area contributed by atoms with Gasteiger partial charge in [-0.25, -0.2) is 0 Å². The first kappa shape index (κ1) is 20.3. The molecule has 3 aliphatic carbocycles. The van der Waals surface area contributed by atoms with Crippen LogP contribution in [0, 0.1) is 17.8 Å². The zero-order chi connectivity index (χ0) is 22.3. The van der Waals surface area contributed by atoms with E-state index in [1.165, 1.54) is 19.1 Å². The van der Waals surface area contributed by atoms with Gasteiger partial charge in [-0.1, -0.05) is 6.07 Å². The highest BCUT2D eigenvalue weighted by atomic mass is 16.4. The number of nitrogens with two attached hydrogens (primary N) is 2. The molecule has 160 valence electrons. The molecule has 10 nitrogen and oxygen atoms in total. The largest absolute Gasteiger partial charge is 0.508 e. The number of aromatic hydroxyl groups is 1. The molecule has 6 atom stereocenters. The smallest absolute Gasteiger partial charge is 0.255 e. The number of hydrogen-bond donors (Lipinski definition) is 7. The molecule has 4 rings (SSSR count). The summed E-state index contributed by atoms with van der Waals surface area (Å²) in [5.74, 6) is -7.97. The summed E-state index contributed by atoms with van der Waals surface area (Å²) in [6.07, 6.45) is -2.52. The number of primary amides is 1. The van der Waals surface area contributed by atoms with Crippen LogP contribution in [0.1, 0.15) is 35.7 Å². The third-order valence-corrected chi connectivity index (χ3v) is 6.98. The predicted molar refractivity (Wildman–Crippen MR) is 101 cm³/mol. The third-order valence-electron chi connectivity index (χ3n) is 6.98. The van der Waals surface area contributed by atoms with Gasteiger partial charge in [0.05, 0.1) is 22.8 Å². The van der Waals surface area contributed by atoms with Crippen molar-refractivity contribution in [2.45, 2.75) is 37.1 Å². The Labute approximate surface area is 170 Å². The highest BCUT2D eigenvalue weighted by Crippen LogP contribution is 2.57. The highest BCUT2D eigenvalue weighted by Gasteiger charge is 2.66. The molecule has 10 heteroatoms. The topological polar surface area (TPSA) is 204 Å². The molecule has 1 aromatic rings. The quantitative estimate of drug-likeness (QED) is 0.169. The zero-order valence-electron chi connectivity index (χ0n) is 16.0. The fraction of sp³-hybridized carbons (Fsp3) is 0.450. The average Bonchev–Trinajstić information content (AvgIpc) is 2.64. The van der Waals surface area contributed by atoms with Crippen molar-refractivity contribution in [1.82, 2.24) is 0 Å². The Bertz CT molecular complexity index is 1050. The molecule has 1 amide bonds. The van der Waals surface area contributed by atoms with Crippen molar-refractivity contribution in [1.29, 1.82) is 0 Å². The van der Waals surface area contributed by atoms with Crippen LogP contribution < -0.4 is 11.5 Å². The van der Waals surface area contributed by atoms with E-state index in [2.05, 4.69) is 0 Å². The summed E-state index contributed by atoms with van der Waals surface area (Å²) in [6.45, 7) is 1.40. The van der Waals surface area contributed by atoms with Gasteiger partial charge in [-0.2, -0.15) is 0 Å². The Kier molecular flexibility index (Phi) is 4.09. The van der Waals surface area contributed by atoms with Gasteiger partial charge in [-0.05, 0) is 25.0 Å². The van der Waals surface area contributed by atoms with Gasteiger partial charge in [0.15, 0.2) is 17.2 Å². The van der Waals surface area contributed by atoms with E-state index in [1.54, 1.807) is 0 Å². The van der Waals surface area contributed by atoms with E-state index in [9.17, 15) is 39.9 Å². The van der Waals surface area contributed by atoms with Crippen LogP contribution in [0.5, 0.6) is 5.75 Å². The number of anilines is 1. The number of hydrogen-bond acceptors (Lipinski definition) is 9. The molecular weight excluding hydrogens is 396 g/mol. The molecule has 30 heavy (non-hydrogen) atoms. The molecule has 0 spiro atoms. The van der Waals surface area contributed by atoms with E-state index in [0.717, 1.165) is 0 Å². The van der Waals surface area contributed by atoms with E-state index >= 15 is 0 Å². The predicted octanol–water partition coefficient (Wildman–Crippen LogP) is -1.01. The fourth-order valence-corrected chi connectivity index (χ4v) is 5.40. The summed E-state index contributed by atoms with van der Waals surface area (Å²) in [5.41, 5.74) is 5.50. The minimum Gasteiger partial charge on any atom is -0.508 e. The van der Waals surface area contributed by atoms with E-state index in [4.69, 9.17) is 11.5 Å². The molecule has 1 aromatic carbocycles. The number of amides is 1. The van der Waals surface area contributed by atoms with Gasteiger partial charge in [-0.15, -0.1) is 0 Å². The van der Waals surface area contributed by atoms with Crippen molar-refractivity contribution >= 4 is 23.2 Å². The summed E-state index contributed by atoms with van der Waals surface area (Å²) in [4.78, 5) is 37.2. The number of aliphatic hydroxyl groups is 4. The second-order valence-corrected chi connectivity index (χ2v) is 8.49. The first-order valence-corrected chi connectivity index (χ1v) is 9.40. The minimum absolute atomic E-state index is 0.109. The van der Waals surface area contributed by atoms with E-state index in [-0.39, 0.29) is 23.2 Å². The zero-order valence-corrected chi connectivity index (χ0v) is 16.0. The fourth-order valence-electron chi connectivity index (χ4n) is 5.40. The molecular formula is C20H22N2O8. The Balaban J connectivity index is 1.93. The molecule has 0 saturated heterocycles. The van der Waals surface area contributed by atoms with Crippen LogP contribution in [0.4, 0.5) is 5.69 Å². The Morgan fingerprint density at radius 1 is 1.20 bits per heavy atom. The number of fused-ring (bicyclic) bond motifs is 3. The van der Waals surface area contributed by atoms with Crippen LogP contribution in [-0.2, 0) is 15.2 Å². The van der Waals surface area contributed by atoms with Gasteiger partial charge in [0, 0.05) is 18.3 Å². The lowest BCUT2D eigenvalue weighted by atomic mass is 9.51.